The van der Waals surface area contributed by atoms with Crippen LogP contribution in [-0.2, 0) is 29.9 Å². The molecule has 3 N–H and O–H groups in total. The molecule has 0 fully saturated rings. The van der Waals surface area contributed by atoms with Gasteiger partial charge in [0, 0.05) is 12.0 Å². The lowest BCUT2D eigenvalue weighted by molar-refractivity contribution is -0.697. The number of tetrazole rings is 1. The monoisotopic (exact) mass is 574 g/mol. The van der Waals surface area contributed by atoms with E-state index in [4.69, 9.17) is 13.6 Å². The minimum Gasteiger partial charge on any atom is -0.451 e. The van der Waals surface area contributed by atoms with Gasteiger partial charge in [-0.05, 0) is 49.1 Å². The summed E-state index contributed by atoms with van der Waals surface area (Å²) in [5, 5.41) is 25.3. The molecule has 3 heterocycles. The Labute approximate surface area is 242 Å². The van der Waals surface area contributed by atoms with Gasteiger partial charge in [-0.1, -0.05) is 55.5 Å². The molecule has 0 saturated carbocycles. The third-order valence-corrected chi connectivity index (χ3v) is 6.68. The van der Waals surface area contributed by atoms with Crippen molar-refractivity contribution in [2.24, 2.45) is 0 Å². The number of aryl methyl sites for hydroxylation is 2. The quantitative estimate of drug-likeness (QED) is 0.127. The van der Waals surface area contributed by atoms with Crippen LogP contribution in [0.25, 0.3) is 22.5 Å². The third-order valence-electron chi connectivity index (χ3n) is 6.68. The number of hydrogen-bond acceptors (Lipinski definition) is 9. The first kappa shape index (κ1) is 30.1. The second kappa shape index (κ2) is 12.4. The number of rotatable bonds is 10. The average Bonchev–Trinajstić information content (AvgIpc) is 3.67. The topological polar surface area (TPSA) is 164 Å². The Hall–Kier alpha value is -4.84. The van der Waals surface area contributed by atoms with E-state index in [1.807, 2.05) is 60.0 Å². The normalized spacial score (nSPS) is 11.4. The fourth-order valence-corrected chi connectivity index (χ4v) is 4.69. The number of ether oxygens (including phenoxy) is 1. The average molecular weight is 575 g/mol. The van der Waals surface area contributed by atoms with E-state index in [-0.39, 0.29) is 31.2 Å². The fourth-order valence-electron chi connectivity index (χ4n) is 4.69. The zero-order chi connectivity index (χ0) is 29.1. The number of carbonyl (C=O) groups is 1. The summed E-state index contributed by atoms with van der Waals surface area (Å²) in [5.74, 6) is 0.101. The van der Waals surface area contributed by atoms with Gasteiger partial charge in [-0.3, -0.25) is 0 Å². The Morgan fingerprint density at radius 3 is 2.40 bits per heavy atom. The molecule has 0 bridgehead atoms. The first-order valence-electron chi connectivity index (χ1n) is 13.2. The molecule has 0 aliphatic carbocycles. The molecule has 0 unspecified atom stereocenters. The summed E-state index contributed by atoms with van der Waals surface area (Å²) in [5.41, 5.74) is 2.87. The van der Waals surface area contributed by atoms with E-state index in [0.717, 1.165) is 34.5 Å². The first-order chi connectivity index (χ1) is 19.7. The van der Waals surface area contributed by atoms with Gasteiger partial charge in [0.25, 0.3) is 11.5 Å². The van der Waals surface area contributed by atoms with E-state index >= 15 is 0 Å². The molecule has 42 heavy (non-hydrogen) atoms. The number of nitrogens with zero attached hydrogens (tertiary/aromatic N) is 4. The van der Waals surface area contributed by atoms with E-state index in [1.54, 1.807) is 20.8 Å². The number of imidazole rings is 1. The predicted molar refractivity (Wildman–Crippen MR) is 152 cm³/mol. The largest absolute Gasteiger partial charge is 0.519 e. The van der Waals surface area contributed by atoms with Gasteiger partial charge in [-0.25, -0.2) is 19.1 Å². The zero-order valence-corrected chi connectivity index (χ0v) is 24.2. The summed E-state index contributed by atoms with van der Waals surface area (Å²) in [4.78, 5) is 28.2. The van der Waals surface area contributed by atoms with Crippen LogP contribution in [0, 0.1) is 14.4 Å². The predicted octanol–water partition coefficient (Wildman–Crippen LogP) is 4.04. The van der Waals surface area contributed by atoms with Crippen molar-refractivity contribution < 1.29 is 28.0 Å². The van der Waals surface area contributed by atoms with Crippen molar-refractivity contribution in [2.75, 3.05) is 0 Å². The Morgan fingerprint density at radius 1 is 1.10 bits per heavy atom. The maximum atomic E-state index is 13.5. The van der Waals surface area contributed by atoms with Crippen LogP contribution in [-0.4, -0.2) is 36.7 Å². The van der Waals surface area contributed by atoms with Crippen molar-refractivity contribution in [3.05, 3.63) is 101 Å². The summed E-state index contributed by atoms with van der Waals surface area (Å²) < 4.78 is 17.2. The van der Waals surface area contributed by atoms with Crippen LogP contribution in [0.4, 0.5) is 0 Å². The summed E-state index contributed by atoms with van der Waals surface area (Å²) in [6.45, 7) is 6.85. The summed E-state index contributed by atoms with van der Waals surface area (Å²) in [6.07, 6.45) is 1.45. The highest BCUT2D eigenvalue weighted by Crippen LogP contribution is 2.30. The van der Waals surface area contributed by atoms with Crippen LogP contribution in [0.15, 0.2) is 62.2 Å². The number of H-pyrrole nitrogens is 2. The van der Waals surface area contributed by atoms with Crippen molar-refractivity contribution in [3.63, 3.8) is 0 Å². The Bertz CT molecular complexity index is 1710. The number of benzene rings is 2. The fraction of sp³-hybridized carbons (Fsp3) is 0.300. The molecular formula is C30H34N6O6. The number of hydrogen-bond donors (Lipinski definition) is 3. The standard InChI is InChI=1S/C29H30N6O6.CH3/c1-5-8-23-30-25(29(3,4)38)24(27(36)39-16-22-17(2)40-28(37)41-22)35(23)15-18-11-13-19(14-12-18)20-9-6-7-10-21(20)26-31-33-34-32-26;/h6-7,9-14,38H,5,8,15-16H2,1-4H3,(H,31,32,33,34);1H3/q;-1/p+1. The van der Waals surface area contributed by atoms with Crippen molar-refractivity contribution in [1.82, 2.24) is 25.6 Å². The van der Waals surface area contributed by atoms with Crippen LogP contribution < -0.4 is 10.4 Å². The van der Waals surface area contributed by atoms with Gasteiger partial charge in [0.15, 0.2) is 23.8 Å². The first-order valence-corrected chi connectivity index (χ1v) is 13.2. The molecule has 220 valence electrons. The zero-order valence-electron chi connectivity index (χ0n) is 24.2. The molecule has 0 saturated heterocycles. The molecule has 5 rings (SSSR count). The molecule has 0 radical (unpaired) electrons. The number of nitrogens with one attached hydrogen (secondary N) is 2. The second-order valence-electron chi connectivity index (χ2n) is 10.2. The number of esters is 1. The summed E-state index contributed by atoms with van der Waals surface area (Å²) in [6, 6.07) is 15.8. The highest BCUT2D eigenvalue weighted by atomic mass is 16.6. The maximum Gasteiger partial charge on any atom is 0.519 e. The van der Waals surface area contributed by atoms with Crippen molar-refractivity contribution in [3.8, 4) is 22.5 Å². The van der Waals surface area contributed by atoms with Crippen molar-refractivity contribution in [1.29, 1.82) is 0 Å². The minimum atomic E-state index is -1.36. The van der Waals surface area contributed by atoms with Gasteiger partial charge in [0.05, 0.1) is 0 Å². The lowest BCUT2D eigenvalue weighted by Crippen LogP contribution is -2.44. The maximum absolute atomic E-state index is 13.5. The Morgan fingerprint density at radius 2 is 1.81 bits per heavy atom. The molecule has 0 aliphatic heterocycles. The van der Waals surface area contributed by atoms with Gasteiger partial charge < -0.3 is 26.1 Å². The summed E-state index contributed by atoms with van der Waals surface area (Å²) in [7, 11) is 0. The molecule has 0 aliphatic rings. The van der Waals surface area contributed by atoms with E-state index in [1.165, 1.54) is 0 Å². The van der Waals surface area contributed by atoms with Crippen LogP contribution in [0.5, 0.6) is 0 Å². The van der Waals surface area contributed by atoms with Crippen LogP contribution in [0.2, 0.25) is 0 Å². The van der Waals surface area contributed by atoms with E-state index in [2.05, 4.69) is 25.6 Å². The van der Waals surface area contributed by atoms with Crippen molar-refractivity contribution >= 4 is 5.97 Å². The lowest BCUT2D eigenvalue weighted by Gasteiger charge is -2.13. The molecule has 0 spiro atoms. The van der Waals surface area contributed by atoms with Crippen molar-refractivity contribution in [2.45, 2.75) is 59.3 Å². The lowest BCUT2D eigenvalue weighted by atomic mass is 9.98. The number of aromatic amines is 2. The SMILES string of the molecule is CCCc1[nH]c(C(C)(C)O)c(C(=O)OCc2oc(=O)oc2C)[n+]1Cc1ccc(-c2ccccc2-c2nn[nH]n2)cc1.[CH3-]. The molecule has 12 heteroatoms. The summed E-state index contributed by atoms with van der Waals surface area (Å²) >= 11 is 0. The number of aromatic nitrogens is 6. The molecule has 2 aromatic carbocycles. The highest BCUT2D eigenvalue weighted by Gasteiger charge is 2.38. The molecule has 5 aromatic rings. The van der Waals surface area contributed by atoms with E-state index in [0.29, 0.717) is 24.5 Å². The molecular weight excluding hydrogens is 540 g/mol. The highest BCUT2D eigenvalue weighted by molar-refractivity contribution is 5.87. The van der Waals surface area contributed by atoms with Crippen LogP contribution in [0.3, 0.4) is 0 Å². The van der Waals surface area contributed by atoms with Gasteiger partial charge in [0.1, 0.15) is 12.1 Å². The van der Waals surface area contributed by atoms with Gasteiger partial charge in [0.2, 0.25) is 5.82 Å². The number of carbonyl (C=O) groups excluding carboxylic acids is 1. The van der Waals surface area contributed by atoms with Gasteiger partial charge >= 0.3 is 11.8 Å². The molecule has 0 atom stereocenters. The Kier molecular flexibility index (Phi) is 8.86. The minimum absolute atomic E-state index is 0. The second-order valence-corrected chi connectivity index (χ2v) is 10.2. The van der Waals surface area contributed by atoms with Crippen LogP contribution in [0.1, 0.15) is 66.3 Å². The molecule has 3 aromatic heterocycles. The number of aliphatic hydroxyl groups is 1. The third kappa shape index (κ3) is 6.23. The van der Waals surface area contributed by atoms with Gasteiger partial charge in [-0.2, -0.15) is 5.21 Å². The smallest absolute Gasteiger partial charge is 0.451 e. The van der Waals surface area contributed by atoms with E-state index in [9.17, 15) is 14.7 Å². The molecule has 12 nitrogen and oxygen atoms in total. The Balaban J connectivity index is 0.00000405. The van der Waals surface area contributed by atoms with Crippen LogP contribution >= 0.6 is 0 Å². The van der Waals surface area contributed by atoms with E-state index < -0.39 is 17.4 Å². The van der Waals surface area contributed by atoms with Gasteiger partial charge in [-0.15, -0.1) is 10.2 Å². The molecule has 0 amide bonds.